The number of benzene rings is 2. The summed E-state index contributed by atoms with van der Waals surface area (Å²) in [5, 5.41) is 6.20. The summed E-state index contributed by atoms with van der Waals surface area (Å²) in [6.45, 7) is 0.370. The van der Waals surface area contributed by atoms with E-state index in [2.05, 4.69) is 5.10 Å². The quantitative estimate of drug-likeness (QED) is 0.515. The normalized spacial score (nSPS) is 15.3. The Kier molecular flexibility index (Phi) is 6.88. The summed E-state index contributed by atoms with van der Waals surface area (Å²) in [7, 11) is 3.33. The van der Waals surface area contributed by atoms with Crippen molar-refractivity contribution in [3.8, 4) is 5.75 Å². The second-order valence-electron chi connectivity index (χ2n) is 7.97. The van der Waals surface area contributed by atoms with Gasteiger partial charge in [0.15, 0.2) is 0 Å². The molecule has 4 rings (SSSR count). The predicted octanol–water partition coefficient (Wildman–Crippen LogP) is 4.40. The average Bonchev–Trinajstić information content (AvgIpc) is 3.53. The molecule has 1 atom stereocenters. The summed E-state index contributed by atoms with van der Waals surface area (Å²) < 4.78 is 10.6. The van der Waals surface area contributed by atoms with E-state index in [1.807, 2.05) is 60.7 Å². The molecule has 2 heterocycles. The van der Waals surface area contributed by atoms with Gasteiger partial charge in [0.05, 0.1) is 31.7 Å². The van der Waals surface area contributed by atoms with Crippen LogP contribution in [0.15, 0.2) is 82.5 Å². The molecule has 3 aromatic rings. The van der Waals surface area contributed by atoms with Crippen molar-refractivity contribution in [2.45, 2.75) is 31.8 Å². The van der Waals surface area contributed by atoms with E-state index >= 15 is 0 Å². The minimum Gasteiger partial charge on any atom is -0.497 e. The van der Waals surface area contributed by atoms with Gasteiger partial charge < -0.3 is 14.1 Å². The maximum Gasteiger partial charge on any atom is 0.243 e. The number of methoxy groups -OCH3 is 1. The molecule has 2 aromatic carbocycles. The van der Waals surface area contributed by atoms with E-state index in [9.17, 15) is 9.59 Å². The average molecular weight is 446 g/mol. The molecule has 2 amide bonds. The molecule has 1 aliphatic heterocycles. The number of carbonyl (C=O) groups is 2. The van der Waals surface area contributed by atoms with Gasteiger partial charge in [-0.2, -0.15) is 5.10 Å². The molecule has 0 fully saturated rings. The molecular formula is C26H27N3O4. The first-order chi connectivity index (χ1) is 16.0. The van der Waals surface area contributed by atoms with Gasteiger partial charge in [-0.05, 0) is 35.4 Å². The van der Waals surface area contributed by atoms with E-state index in [-0.39, 0.29) is 30.7 Å². The Bertz CT molecular complexity index is 1110. The van der Waals surface area contributed by atoms with E-state index in [0.29, 0.717) is 18.7 Å². The molecular weight excluding hydrogens is 418 g/mol. The van der Waals surface area contributed by atoms with Crippen LogP contribution in [0, 0.1) is 0 Å². The molecule has 0 spiro atoms. The van der Waals surface area contributed by atoms with Crippen molar-refractivity contribution in [2.24, 2.45) is 5.10 Å². The van der Waals surface area contributed by atoms with Gasteiger partial charge in [0, 0.05) is 26.3 Å². The van der Waals surface area contributed by atoms with Crippen molar-refractivity contribution in [1.29, 1.82) is 0 Å². The number of furan rings is 1. The van der Waals surface area contributed by atoms with E-state index in [0.717, 1.165) is 22.6 Å². The highest BCUT2D eigenvalue weighted by atomic mass is 16.5. The van der Waals surface area contributed by atoms with Gasteiger partial charge in [0.1, 0.15) is 11.5 Å². The first-order valence-corrected chi connectivity index (χ1v) is 10.9. The Hall–Kier alpha value is -3.87. The molecule has 0 aliphatic carbocycles. The van der Waals surface area contributed by atoms with E-state index in [1.165, 1.54) is 5.01 Å². The van der Waals surface area contributed by atoms with Gasteiger partial charge in [-0.15, -0.1) is 0 Å². The van der Waals surface area contributed by atoms with Crippen LogP contribution in [0.25, 0.3) is 0 Å². The summed E-state index contributed by atoms with van der Waals surface area (Å²) in [6, 6.07) is 20.9. The van der Waals surface area contributed by atoms with Crippen molar-refractivity contribution in [3.63, 3.8) is 0 Å². The fraction of sp³-hybridized carbons (Fsp3) is 0.269. The minimum atomic E-state index is -0.227. The second kappa shape index (κ2) is 10.2. The van der Waals surface area contributed by atoms with Crippen LogP contribution in [0.3, 0.4) is 0 Å². The van der Waals surface area contributed by atoms with Crippen molar-refractivity contribution >= 4 is 17.5 Å². The molecule has 1 aliphatic rings. The Morgan fingerprint density at radius 3 is 2.48 bits per heavy atom. The molecule has 7 nitrogen and oxygen atoms in total. The number of ether oxygens (including phenoxy) is 1. The number of hydrazone groups is 1. The SMILES string of the molecule is COc1ccc(C2CC(c3ccccc3)=NN2C(=O)CCC(=O)N(C)Cc2ccco2)cc1. The molecule has 33 heavy (non-hydrogen) atoms. The zero-order valence-electron chi connectivity index (χ0n) is 18.8. The summed E-state index contributed by atoms with van der Waals surface area (Å²) in [6.07, 6.45) is 2.37. The summed E-state index contributed by atoms with van der Waals surface area (Å²) in [5.41, 5.74) is 2.81. The predicted molar refractivity (Wildman–Crippen MR) is 125 cm³/mol. The van der Waals surface area contributed by atoms with Gasteiger partial charge in [0.2, 0.25) is 11.8 Å². The molecule has 170 valence electrons. The lowest BCUT2D eigenvalue weighted by Crippen LogP contribution is -2.30. The van der Waals surface area contributed by atoms with Gasteiger partial charge in [-0.3, -0.25) is 9.59 Å². The Labute approximate surface area is 193 Å². The van der Waals surface area contributed by atoms with Crippen molar-refractivity contribution in [1.82, 2.24) is 9.91 Å². The van der Waals surface area contributed by atoms with Gasteiger partial charge in [0.25, 0.3) is 0 Å². The van der Waals surface area contributed by atoms with Crippen LogP contribution >= 0.6 is 0 Å². The first-order valence-electron chi connectivity index (χ1n) is 10.9. The highest BCUT2D eigenvalue weighted by molar-refractivity contribution is 6.03. The Balaban J connectivity index is 1.47. The third-order valence-corrected chi connectivity index (χ3v) is 5.73. The van der Waals surface area contributed by atoms with Crippen LogP contribution in [0.5, 0.6) is 5.75 Å². The zero-order chi connectivity index (χ0) is 23.2. The Morgan fingerprint density at radius 1 is 1.06 bits per heavy atom. The maximum atomic E-state index is 13.2. The minimum absolute atomic E-state index is 0.0829. The lowest BCUT2D eigenvalue weighted by atomic mass is 9.98. The maximum absolute atomic E-state index is 13.2. The second-order valence-corrected chi connectivity index (χ2v) is 7.97. The third-order valence-electron chi connectivity index (χ3n) is 5.73. The van der Waals surface area contributed by atoms with Crippen LogP contribution < -0.4 is 4.74 Å². The summed E-state index contributed by atoms with van der Waals surface area (Å²) in [4.78, 5) is 27.3. The number of hydrogen-bond acceptors (Lipinski definition) is 5. The van der Waals surface area contributed by atoms with Crippen LogP contribution in [-0.4, -0.2) is 41.6 Å². The van der Waals surface area contributed by atoms with Crippen LogP contribution in [0.2, 0.25) is 0 Å². The standard InChI is InChI=1S/C26H27N3O4/c1-28(18-22-9-6-16-33-22)25(30)14-15-26(31)29-24(20-10-12-21(32-2)13-11-20)17-23(27-29)19-7-4-3-5-8-19/h3-13,16,24H,14-15,17-18H2,1-2H3. The van der Waals surface area contributed by atoms with Crippen molar-refractivity contribution in [3.05, 3.63) is 89.9 Å². The number of hydrogen-bond donors (Lipinski definition) is 0. The fourth-order valence-corrected chi connectivity index (χ4v) is 3.87. The van der Waals surface area contributed by atoms with Crippen LogP contribution in [-0.2, 0) is 16.1 Å². The number of amides is 2. The first kappa shape index (κ1) is 22.3. The van der Waals surface area contributed by atoms with E-state index < -0.39 is 0 Å². The van der Waals surface area contributed by atoms with Gasteiger partial charge in [-0.25, -0.2) is 5.01 Å². The molecule has 7 heteroatoms. The molecule has 0 bridgehead atoms. The smallest absolute Gasteiger partial charge is 0.243 e. The highest BCUT2D eigenvalue weighted by Gasteiger charge is 2.33. The van der Waals surface area contributed by atoms with Crippen molar-refractivity contribution < 1.29 is 18.7 Å². The molecule has 0 N–H and O–H groups in total. The highest BCUT2D eigenvalue weighted by Crippen LogP contribution is 2.34. The largest absolute Gasteiger partial charge is 0.497 e. The monoisotopic (exact) mass is 445 g/mol. The summed E-state index contributed by atoms with van der Waals surface area (Å²) in [5.74, 6) is 1.16. The van der Waals surface area contributed by atoms with E-state index in [4.69, 9.17) is 9.15 Å². The third kappa shape index (κ3) is 5.31. The van der Waals surface area contributed by atoms with Crippen LogP contribution in [0.1, 0.15) is 42.2 Å². The van der Waals surface area contributed by atoms with Crippen LogP contribution in [0.4, 0.5) is 0 Å². The zero-order valence-corrected chi connectivity index (χ0v) is 18.8. The molecule has 1 aromatic heterocycles. The van der Waals surface area contributed by atoms with E-state index in [1.54, 1.807) is 31.4 Å². The molecule has 0 saturated carbocycles. The lowest BCUT2D eigenvalue weighted by molar-refractivity contribution is -0.137. The van der Waals surface area contributed by atoms with Gasteiger partial charge >= 0.3 is 0 Å². The number of nitrogens with zero attached hydrogens (tertiary/aromatic N) is 3. The topological polar surface area (TPSA) is 75.3 Å². The van der Waals surface area contributed by atoms with Gasteiger partial charge in [-0.1, -0.05) is 42.5 Å². The van der Waals surface area contributed by atoms with Crippen molar-refractivity contribution in [2.75, 3.05) is 14.2 Å². The lowest BCUT2D eigenvalue weighted by Gasteiger charge is -2.23. The fourth-order valence-electron chi connectivity index (χ4n) is 3.87. The Morgan fingerprint density at radius 2 is 1.82 bits per heavy atom. The number of rotatable bonds is 8. The molecule has 1 unspecified atom stereocenters. The summed E-state index contributed by atoms with van der Waals surface area (Å²) >= 11 is 0. The molecule has 0 saturated heterocycles. The molecule has 0 radical (unpaired) electrons. The number of carbonyl (C=O) groups excluding carboxylic acids is 2.